The van der Waals surface area contributed by atoms with Gasteiger partial charge in [0.25, 0.3) is 0 Å². The molecule has 0 heterocycles. The fourth-order valence-corrected chi connectivity index (χ4v) is 2.22. The summed E-state index contributed by atoms with van der Waals surface area (Å²) in [5, 5.41) is 0. The molecule has 0 bridgehead atoms. The maximum atomic E-state index is 5.78. The van der Waals surface area contributed by atoms with Crippen LogP contribution in [-0.2, 0) is 6.42 Å². The van der Waals surface area contributed by atoms with Crippen molar-refractivity contribution in [3.63, 3.8) is 0 Å². The minimum Gasteiger partial charge on any atom is -0.328 e. The van der Waals surface area contributed by atoms with Gasteiger partial charge in [0.1, 0.15) is 0 Å². The van der Waals surface area contributed by atoms with Crippen LogP contribution < -0.4 is 5.73 Å². The van der Waals surface area contributed by atoms with Gasteiger partial charge in [-0.3, -0.25) is 0 Å². The van der Waals surface area contributed by atoms with Crippen molar-refractivity contribution in [3.8, 4) is 0 Å². The molecule has 1 nitrogen and oxygen atoms in total. The van der Waals surface area contributed by atoms with Crippen molar-refractivity contribution in [1.82, 2.24) is 0 Å². The maximum Gasteiger partial charge on any atom is 0.00443 e. The Labute approximate surface area is 86.3 Å². The van der Waals surface area contributed by atoms with Crippen molar-refractivity contribution in [3.05, 3.63) is 34.9 Å². The van der Waals surface area contributed by atoms with Gasteiger partial charge in [0, 0.05) is 6.04 Å². The molecule has 1 aliphatic carbocycles. The van der Waals surface area contributed by atoms with E-state index >= 15 is 0 Å². The van der Waals surface area contributed by atoms with Gasteiger partial charge in [-0.2, -0.15) is 0 Å². The molecule has 0 atom stereocenters. The average Bonchev–Trinajstić information content (AvgIpc) is 2.09. The molecule has 0 aromatic heterocycles. The van der Waals surface area contributed by atoms with Crippen LogP contribution in [0.5, 0.6) is 0 Å². The van der Waals surface area contributed by atoms with Crippen LogP contribution in [0.15, 0.2) is 18.2 Å². The van der Waals surface area contributed by atoms with E-state index in [1.54, 1.807) is 0 Å². The van der Waals surface area contributed by atoms with Crippen molar-refractivity contribution in [2.24, 2.45) is 11.7 Å². The molecule has 1 fully saturated rings. The highest BCUT2D eigenvalue weighted by atomic mass is 14.7. The average molecular weight is 189 g/mol. The Hall–Kier alpha value is -0.820. The van der Waals surface area contributed by atoms with Gasteiger partial charge in [0.15, 0.2) is 0 Å². The smallest absolute Gasteiger partial charge is 0.00443 e. The molecule has 76 valence electrons. The largest absolute Gasteiger partial charge is 0.328 e. The standard InChI is InChI=1S/C13H19N/c1-9-3-4-11(5-10(9)2)6-12-7-13(14)8-12/h3-5,12-13H,6-8,14H2,1-2H3. The Morgan fingerprint density at radius 1 is 1.21 bits per heavy atom. The van der Waals surface area contributed by atoms with Crippen LogP contribution in [0.25, 0.3) is 0 Å². The van der Waals surface area contributed by atoms with E-state index in [1.807, 2.05) is 0 Å². The van der Waals surface area contributed by atoms with Crippen LogP contribution in [-0.4, -0.2) is 6.04 Å². The molecule has 0 radical (unpaired) electrons. The highest BCUT2D eigenvalue weighted by molar-refractivity contribution is 5.30. The third-order valence-corrected chi connectivity index (χ3v) is 3.37. The zero-order valence-corrected chi connectivity index (χ0v) is 9.09. The third-order valence-electron chi connectivity index (χ3n) is 3.37. The Kier molecular flexibility index (Phi) is 2.60. The first kappa shape index (κ1) is 9.72. The van der Waals surface area contributed by atoms with Crippen LogP contribution in [0.1, 0.15) is 29.5 Å². The summed E-state index contributed by atoms with van der Waals surface area (Å²) in [4.78, 5) is 0. The Balaban J connectivity index is 2.00. The fraction of sp³-hybridized carbons (Fsp3) is 0.538. The summed E-state index contributed by atoms with van der Waals surface area (Å²) in [7, 11) is 0. The summed E-state index contributed by atoms with van der Waals surface area (Å²) in [5.41, 5.74) is 10.0. The first-order valence-corrected chi connectivity index (χ1v) is 5.47. The van der Waals surface area contributed by atoms with Gasteiger partial charge in [-0.25, -0.2) is 0 Å². The lowest BCUT2D eigenvalue weighted by Gasteiger charge is -2.32. The summed E-state index contributed by atoms with van der Waals surface area (Å²) < 4.78 is 0. The van der Waals surface area contributed by atoms with Crippen LogP contribution >= 0.6 is 0 Å². The summed E-state index contributed by atoms with van der Waals surface area (Å²) >= 11 is 0. The topological polar surface area (TPSA) is 26.0 Å². The minimum atomic E-state index is 0.478. The number of nitrogens with two attached hydrogens (primary N) is 1. The molecule has 0 unspecified atom stereocenters. The lowest BCUT2D eigenvalue weighted by atomic mass is 9.77. The predicted molar refractivity (Wildman–Crippen MR) is 60.3 cm³/mol. The van der Waals surface area contributed by atoms with Crippen molar-refractivity contribution in [2.75, 3.05) is 0 Å². The predicted octanol–water partition coefficient (Wildman–Crippen LogP) is 2.58. The molecule has 1 heteroatoms. The number of rotatable bonds is 2. The molecule has 0 aliphatic heterocycles. The highest BCUT2D eigenvalue weighted by Crippen LogP contribution is 2.29. The van der Waals surface area contributed by atoms with Crippen molar-refractivity contribution >= 4 is 0 Å². The zero-order valence-electron chi connectivity index (χ0n) is 9.09. The van der Waals surface area contributed by atoms with E-state index < -0.39 is 0 Å². The summed E-state index contributed by atoms with van der Waals surface area (Å²) in [5.74, 6) is 0.840. The Morgan fingerprint density at radius 3 is 2.50 bits per heavy atom. The molecular weight excluding hydrogens is 170 g/mol. The summed E-state index contributed by atoms with van der Waals surface area (Å²) in [6.45, 7) is 4.35. The number of hydrogen-bond donors (Lipinski definition) is 1. The molecule has 2 N–H and O–H groups in total. The molecule has 0 saturated heterocycles. The fourth-order valence-electron chi connectivity index (χ4n) is 2.22. The SMILES string of the molecule is Cc1ccc(CC2CC(N)C2)cc1C. The van der Waals surface area contributed by atoms with E-state index in [4.69, 9.17) is 5.73 Å². The van der Waals surface area contributed by atoms with Crippen molar-refractivity contribution in [2.45, 2.75) is 39.2 Å². The van der Waals surface area contributed by atoms with E-state index in [-0.39, 0.29) is 0 Å². The second-order valence-corrected chi connectivity index (χ2v) is 4.72. The van der Waals surface area contributed by atoms with Crippen LogP contribution in [0.2, 0.25) is 0 Å². The van der Waals surface area contributed by atoms with E-state index in [9.17, 15) is 0 Å². The van der Waals surface area contributed by atoms with E-state index in [2.05, 4.69) is 32.0 Å². The second kappa shape index (κ2) is 3.74. The van der Waals surface area contributed by atoms with Gasteiger partial charge in [-0.15, -0.1) is 0 Å². The Morgan fingerprint density at radius 2 is 1.93 bits per heavy atom. The lowest BCUT2D eigenvalue weighted by molar-refractivity contribution is 0.264. The summed E-state index contributed by atoms with van der Waals surface area (Å²) in [6, 6.07) is 7.28. The molecular formula is C13H19N. The minimum absolute atomic E-state index is 0.478. The van der Waals surface area contributed by atoms with Gasteiger partial charge in [0.2, 0.25) is 0 Å². The number of benzene rings is 1. The molecule has 1 saturated carbocycles. The van der Waals surface area contributed by atoms with Gasteiger partial charge in [-0.1, -0.05) is 18.2 Å². The molecule has 0 spiro atoms. The van der Waals surface area contributed by atoms with Crippen molar-refractivity contribution in [1.29, 1.82) is 0 Å². The normalized spacial score (nSPS) is 25.9. The van der Waals surface area contributed by atoms with Crippen LogP contribution in [0.3, 0.4) is 0 Å². The number of hydrogen-bond acceptors (Lipinski definition) is 1. The van der Waals surface area contributed by atoms with Gasteiger partial charge < -0.3 is 5.73 Å². The molecule has 1 aliphatic rings. The molecule has 2 rings (SSSR count). The van der Waals surface area contributed by atoms with E-state index in [0.717, 1.165) is 5.92 Å². The number of aryl methyl sites for hydroxylation is 2. The first-order chi connectivity index (χ1) is 6.65. The van der Waals surface area contributed by atoms with Gasteiger partial charge in [-0.05, 0) is 55.7 Å². The van der Waals surface area contributed by atoms with Gasteiger partial charge >= 0.3 is 0 Å². The zero-order chi connectivity index (χ0) is 10.1. The summed E-state index contributed by atoms with van der Waals surface area (Å²) in [6.07, 6.45) is 3.65. The second-order valence-electron chi connectivity index (χ2n) is 4.72. The van der Waals surface area contributed by atoms with Gasteiger partial charge in [0.05, 0.1) is 0 Å². The van der Waals surface area contributed by atoms with Crippen LogP contribution in [0, 0.1) is 19.8 Å². The van der Waals surface area contributed by atoms with Crippen LogP contribution in [0.4, 0.5) is 0 Å². The first-order valence-electron chi connectivity index (χ1n) is 5.47. The molecule has 1 aromatic carbocycles. The van der Waals surface area contributed by atoms with E-state index in [0.29, 0.717) is 6.04 Å². The molecule has 14 heavy (non-hydrogen) atoms. The third kappa shape index (κ3) is 1.98. The molecule has 0 amide bonds. The van der Waals surface area contributed by atoms with E-state index in [1.165, 1.54) is 36.0 Å². The quantitative estimate of drug-likeness (QED) is 0.760. The monoisotopic (exact) mass is 189 g/mol. The highest BCUT2D eigenvalue weighted by Gasteiger charge is 2.25. The molecule has 1 aromatic rings. The maximum absolute atomic E-state index is 5.78. The Bertz CT molecular complexity index is 324. The lowest BCUT2D eigenvalue weighted by Crippen LogP contribution is -2.37. The van der Waals surface area contributed by atoms with Crippen molar-refractivity contribution < 1.29 is 0 Å².